The van der Waals surface area contributed by atoms with Crippen LogP contribution in [0.15, 0.2) is 0 Å². The maximum absolute atomic E-state index is 3.86. The quantitative estimate of drug-likeness (QED) is 0.659. The largest absolute Gasteiger partial charge is 0.311 e. The molecule has 2 rings (SSSR count). The van der Waals surface area contributed by atoms with E-state index in [9.17, 15) is 0 Å². The standard InChI is InChI=1S/C19H38N2/c1-3-5-6-10-14-21-16-18(11-4-2)20-15-19(21)17-12-8-7-9-13-17/h17-20H,3-16H2,1-2H3. The number of nitrogens with one attached hydrogen (secondary N) is 1. The van der Waals surface area contributed by atoms with Crippen molar-refractivity contribution in [3.05, 3.63) is 0 Å². The van der Waals surface area contributed by atoms with Gasteiger partial charge in [0.1, 0.15) is 0 Å². The summed E-state index contributed by atoms with van der Waals surface area (Å²) in [6, 6.07) is 1.58. The number of rotatable bonds is 8. The third-order valence-corrected chi connectivity index (χ3v) is 5.67. The molecule has 0 amide bonds. The monoisotopic (exact) mass is 294 g/mol. The van der Waals surface area contributed by atoms with Crippen LogP contribution >= 0.6 is 0 Å². The van der Waals surface area contributed by atoms with Crippen LogP contribution < -0.4 is 5.32 Å². The van der Waals surface area contributed by atoms with E-state index in [1.807, 2.05) is 0 Å². The topological polar surface area (TPSA) is 15.3 Å². The van der Waals surface area contributed by atoms with Crippen LogP contribution in [0.1, 0.15) is 84.5 Å². The van der Waals surface area contributed by atoms with Crippen LogP contribution in [-0.4, -0.2) is 36.6 Å². The van der Waals surface area contributed by atoms with Crippen molar-refractivity contribution in [3.63, 3.8) is 0 Å². The smallest absolute Gasteiger partial charge is 0.0249 e. The van der Waals surface area contributed by atoms with Crippen LogP contribution in [0.3, 0.4) is 0 Å². The van der Waals surface area contributed by atoms with Gasteiger partial charge in [0.05, 0.1) is 0 Å². The van der Waals surface area contributed by atoms with Crippen molar-refractivity contribution < 1.29 is 0 Å². The zero-order chi connectivity index (χ0) is 14.9. The minimum absolute atomic E-state index is 0.751. The van der Waals surface area contributed by atoms with Gasteiger partial charge < -0.3 is 5.32 Å². The lowest BCUT2D eigenvalue weighted by Gasteiger charge is -2.45. The Morgan fingerprint density at radius 3 is 2.48 bits per heavy atom. The highest BCUT2D eigenvalue weighted by Gasteiger charge is 2.33. The summed E-state index contributed by atoms with van der Waals surface area (Å²) in [6.07, 6.45) is 15.7. The van der Waals surface area contributed by atoms with Crippen molar-refractivity contribution in [3.8, 4) is 0 Å². The van der Waals surface area contributed by atoms with Crippen LogP contribution in [0.2, 0.25) is 0 Å². The van der Waals surface area contributed by atoms with Crippen molar-refractivity contribution in [1.29, 1.82) is 0 Å². The number of nitrogens with zero attached hydrogens (tertiary/aromatic N) is 1. The van der Waals surface area contributed by atoms with Gasteiger partial charge in [0.2, 0.25) is 0 Å². The second kappa shape index (κ2) is 9.84. The highest BCUT2D eigenvalue weighted by Crippen LogP contribution is 2.30. The summed E-state index contributed by atoms with van der Waals surface area (Å²) in [5, 5.41) is 3.86. The molecule has 2 unspecified atom stereocenters. The molecule has 2 atom stereocenters. The number of hydrogen-bond donors (Lipinski definition) is 1. The Labute approximate surface area is 133 Å². The van der Waals surface area contributed by atoms with E-state index in [2.05, 4.69) is 24.1 Å². The third-order valence-electron chi connectivity index (χ3n) is 5.67. The highest BCUT2D eigenvalue weighted by molar-refractivity contribution is 4.90. The van der Waals surface area contributed by atoms with Crippen LogP contribution in [0.4, 0.5) is 0 Å². The fraction of sp³-hybridized carbons (Fsp3) is 1.00. The van der Waals surface area contributed by atoms with Gasteiger partial charge >= 0.3 is 0 Å². The lowest BCUT2D eigenvalue weighted by molar-refractivity contribution is 0.0682. The molecule has 0 spiro atoms. The van der Waals surface area contributed by atoms with Gasteiger partial charge in [-0.25, -0.2) is 0 Å². The predicted molar refractivity (Wildman–Crippen MR) is 92.8 cm³/mol. The van der Waals surface area contributed by atoms with Crippen LogP contribution in [-0.2, 0) is 0 Å². The van der Waals surface area contributed by atoms with Crippen molar-refractivity contribution in [1.82, 2.24) is 10.2 Å². The number of unbranched alkanes of at least 4 members (excludes halogenated alkanes) is 3. The molecule has 2 aliphatic rings. The van der Waals surface area contributed by atoms with Gasteiger partial charge in [-0.05, 0) is 38.1 Å². The summed E-state index contributed by atoms with van der Waals surface area (Å²) < 4.78 is 0. The van der Waals surface area contributed by atoms with Crippen LogP contribution in [0.5, 0.6) is 0 Å². The number of piperazine rings is 1. The van der Waals surface area contributed by atoms with E-state index in [-0.39, 0.29) is 0 Å². The summed E-state index contributed by atoms with van der Waals surface area (Å²) in [5.41, 5.74) is 0. The molecule has 0 aromatic rings. The van der Waals surface area contributed by atoms with Crippen molar-refractivity contribution >= 4 is 0 Å². The van der Waals surface area contributed by atoms with Crippen molar-refractivity contribution in [2.45, 2.75) is 96.6 Å². The summed E-state index contributed by atoms with van der Waals surface area (Å²) >= 11 is 0. The van der Waals surface area contributed by atoms with Crippen molar-refractivity contribution in [2.24, 2.45) is 5.92 Å². The van der Waals surface area contributed by atoms with Gasteiger partial charge in [-0.15, -0.1) is 0 Å². The molecule has 21 heavy (non-hydrogen) atoms. The number of hydrogen-bond acceptors (Lipinski definition) is 2. The Balaban J connectivity index is 1.85. The van der Waals surface area contributed by atoms with E-state index in [4.69, 9.17) is 0 Å². The summed E-state index contributed by atoms with van der Waals surface area (Å²) in [4.78, 5) is 2.88. The van der Waals surface area contributed by atoms with E-state index in [0.29, 0.717) is 0 Å². The Hall–Kier alpha value is -0.0800. The molecule has 2 heteroatoms. The summed E-state index contributed by atoms with van der Waals surface area (Å²) in [7, 11) is 0. The maximum Gasteiger partial charge on any atom is 0.0249 e. The first-order valence-electron chi connectivity index (χ1n) is 9.82. The molecule has 2 fully saturated rings. The zero-order valence-electron chi connectivity index (χ0n) is 14.6. The van der Waals surface area contributed by atoms with Crippen LogP contribution in [0, 0.1) is 5.92 Å². The second-order valence-electron chi connectivity index (χ2n) is 7.41. The Morgan fingerprint density at radius 2 is 1.76 bits per heavy atom. The molecule has 0 radical (unpaired) electrons. The first-order valence-corrected chi connectivity index (χ1v) is 9.82. The molecular weight excluding hydrogens is 256 g/mol. The normalized spacial score (nSPS) is 28.9. The van der Waals surface area contributed by atoms with E-state index in [0.717, 1.165) is 18.0 Å². The summed E-state index contributed by atoms with van der Waals surface area (Å²) in [5.74, 6) is 0.972. The van der Waals surface area contributed by atoms with Gasteiger partial charge in [-0.1, -0.05) is 58.8 Å². The first-order chi connectivity index (χ1) is 10.3. The molecular formula is C19H38N2. The van der Waals surface area contributed by atoms with E-state index < -0.39 is 0 Å². The predicted octanol–water partition coefficient (Wildman–Crippen LogP) is 4.59. The molecule has 0 bridgehead atoms. The zero-order valence-corrected chi connectivity index (χ0v) is 14.6. The van der Waals surface area contributed by atoms with Gasteiger partial charge in [-0.2, -0.15) is 0 Å². The Bertz CT molecular complexity index is 260. The second-order valence-corrected chi connectivity index (χ2v) is 7.41. The highest BCUT2D eigenvalue weighted by atomic mass is 15.2. The lowest BCUT2D eigenvalue weighted by Crippen LogP contribution is -2.59. The first kappa shape index (κ1) is 17.3. The SMILES string of the molecule is CCCCCCN1CC(CCC)NCC1C1CCCCC1. The lowest BCUT2D eigenvalue weighted by atomic mass is 9.82. The molecule has 1 aliphatic carbocycles. The Kier molecular flexibility index (Phi) is 8.10. The molecule has 1 saturated heterocycles. The average molecular weight is 295 g/mol. The summed E-state index contributed by atoms with van der Waals surface area (Å²) in [6.45, 7) is 8.54. The fourth-order valence-corrected chi connectivity index (χ4v) is 4.42. The van der Waals surface area contributed by atoms with Crippen molar-refractivity contribution in [2.75, 3.05) is 19.6 Å². The molecule has 1 heterocycles. The maximum atomic E-state index is 3.86. The Morgan fingerprint density at radius 1 is 0.952 bits per heavy atom. The molecule has 1 N–H and O–H groups in total. The molecule has 1 aliphatic heterocycles. The molecule has 1 saturated carbocycles. The molecule has 0 aromatic carbocycles. The molecule has 124 valence electrons. The van der Waals surface area contributed by atoms with E-state index >= 15 is 0 Å². The van der Waals surface area contributed by atoms with E-state index in [1.54, 1.807) is 0 Å². The van der Waals surface area contributed by atoms with Gasteiger partial charge in [0.15, 0.2) is 0 Å². The van der Waals surface area contributed by atoms with Gasteiger partial charge in [0.25, 0.3) is 0 Å². The molecule has 0 aromatic heterocycles. The average Bonchev–Trinajstić information content (AvgIpc) is 2.53. The van der Waals surface area contributed by atoms with Crippen LogP contribution in [0.25, 0.3) is 0 Å². The minimum atomic E-state index is 0.751. The molecule has 2 nitrogen and oxygen atoms in total. The minimum Gasteiger partial charge on any atom is -0.311 e. The van der Waals surface area contributed by atoms with Gasteiger partial charge in [0, 0.05) is 25.2 Å². The fourth-order valence-electron chi connectivity index (χ4n) is 4.42. The third kappa shape index (κ3) is 5.56. The van der Waals surface area contributed by atoms with Gasteiger partial charge in [-0.3, -0.25) is 4.90 Å². The van der Waals surface area contributed by atoms with E-state index in [1.165, 1.54) is 90.3 Å².